The van der Waals surface area contributed by atoms with Crippen LogP contribution in [-0.2, 0) is 0 Å². The van der Waals surface area contributed by atoms with E-state index >= 15 is 0 Å². The standard InChI is InChI=1S/C17H12ClFN2O3/c18-11-6-4-10(5-7-11)15(22)20-8-9-21-16(23)12-2-1-3-13(19)14(12)17(21)24/h1-7H,8-9H2,(H,20,22). The third-order valence-corrected chi connectivity index (χ3v) is 3.93. The zero-order valence-electron chi connectivity index (χ0n) is 12.4. The van der Waals surface area contributed by atoms with Crippen molar-refractivity contribution in [1.82, 2.24) is 10.2 Å². The number of amides is 3. The van der Waals surface area contributed by atoms with Crippen molar-refractivity contribution >= 4 is 29.3 Å². The molecule has 0 fully saturated rings. The maximum absolute atomic E-state index is 13.7. The number of rotatable bonds is 4. The molecule has 0 radical (unpaired) electrons. The van der Waals surface area contributed by atoms with Crippen molar-refractivity contribution in [2.45, 2.75) is 0 Å². The predicted octanol–water partition coefficient (Wildman–Crippen LogP) is 2.51. The zero-order valence-corrected chi connectivity index (χ0v) is 13.1. The molecule has 0 aromatic heterocycles. The highest BCUT2D eigenvalue weighted by Gasteiger charge is 2.37. The van der Waals surface area contributed by atoms with Crippen LogP contribution >= 0.6 is 11.6 Å². The summed E-state index contributed by atoms with van der Waals surface area (Å²) < 4.78 is 13.7. The highest BCUT2D eigenvalue weighted by Crippen LogP contribution is 2.24. The molecule has 0 saturated heterocycles. The number of benzene rings is 2. The van der Waals surface area contributed by atoms with Gasteiger partial charge in [-0.05, 0) is 36.4 Å². The second-order valence-corrected chi connectivity index (χ2v) is 5.62. The molecular formula is C17H12ClFN2O3. The lowest BCUT2D eigenvalue weighted by atomic mass is 10.1. The molecule has 2 aromatic rings. The van der Waals surface area contributed by atoms with Gasteiger partial charge in [0.1, 0.15) is 5.82 Å². The fraction of sp³-hybridized carbons (Fsp3) is 0.118. The first-order chi connectivity index (χ1) is 11.5. The van der Waals surface area contributed by atoms with E-state index in [4.69, 9.17) is 11.6 Å². The number of hydrogen-bond acceptors (Lipinski definition) is 3. The molecule has 122 valence electrons. The van der Waals surface area contributed by atoms with Crippen LogP contribution < -0.4 is 5.32 Å². The van der Waals surface area contributed by atoms with Gasteiger partial charge in [-0.15, -0.1) is 0 Å². The highest BCUT2D eigenvalue weighted by molar-refractivity contribution is 6.30. The SMILES string of the molecule is O=C(NCCN1C(=O)c2cccc(F)c2C1=O)c1ccc(Cl)cc1. The van der Waals surface area contributed by atoms with Crippen LogP contribution in [0.15, 0.2) is 42.5 Å². The second-order valence-electron chi connectivity index (χ2n) is 5.19. The molecule has 1 aliphatic heterocycles. The minimum absolute atomic E-state index is 0.0366. The van der Waals surface area contributed by atoms with Crippen molar-refractivity contribution in [3.05, 3.63) is 70.0 Å². The molecule has 2 aromatic carbocycles. The molecule has 1 heterocycles. The molecule has 1 aliphatic rings. The van der Waals surface area contributed by atoms with E-state index in [0.717, 1.165) is 11.0 Å². The average molecular weight is 347 g/mol. The van der Waals surface area contributed by atoms with Crippen LogP contribution in [0.1, 0.15) is 31.1 Å². The lowest BCUT2D eigenvalue weighted by Gasteiger charge is -2.14. The van der Waals surface area contributed by atoms with Gasteiger partial charge in [-0.25, -0.2) is 4.39 Å². The summed E-state index contributed by atoms with van der Waals surface area (Å²) >= 11 is 5.75. The molecule has 1 N–H and O–H groups in total. The van der Waals surface area contributed by atoms with Crippen LogP contribution in [-0.4, -0.2) is 35.7 Å². The minimum atomic E-state index is -0.724. The molecule has 24 heavy (non-hydrogen) atoms. The Hall–Kier alpha value is -2.73. The topological polar surface area (TPSA) is 66.5 Å². The van der Waals surface area contributed by atoms with Gasteiger partial charge in [0.2, 0.25) is 0 Å². The van der Waals surface area contributed by atoms with Gasteiger partial charge in [-0.1, -0.05) is 17.7 Å². The minimum Gasteiger partial charge on any atom is -0.350 e. The summed E-state index contributed by atoms with van der Waals surface area (Å²) in [6.45, 7) is 0.0274. The maximum Gasteiger partial charge on any atom is 0.264 e. The first-order valence-corrected chi connectivity index (χ1v) is 7.55. The van der Waals surface area contributed by atoms with E-state index < -0.39 is 17.6 Å². The molecule has 0 bridgehead atoms. The van der Waals surface area contributed by atoms with Gasteiger partial charge in [-0.2, -0.15) is 0 Å². The van der Waals surface area contributed by atoms with E-state index in [1.807, 2.05) is 0 Å². The zero-order chi connectivity index (χ0) is 17.3. The largest absolute Gasteiger partial charge is 0.350 e. The number of carbonyl (C=O) groups is 3. The van der Waals surface area contributed by atoms with Crippen LogP contribution in [0.25, 0.3) is 0 Å². The van der Waals surface area contributed by atoms with Gasteiger partial charge in [0.25, 0.3) is 17.7 Å². The number of carbonyl (C=O) groups excluding carboxylic acids is 3. The van der Waals surface area contributed by atoms with Crippen LogP contribution in [0.3, 0.4) is 0 Å². The molecule has 0 unspecified atom stereocenters. The monoisotopic (exact) mass is 346 g/mol. The molecule has 7 heteroatoms. The van der Waals surface area contributed by atoms with Crippen molar-refractivity contribution < 1.29 is 18.8 Å². The van der Waals surface area contributed by atoms with E-state index in [2.05, 4.69) is 5.32 Å². The Bertz CT molecular complexity index is 836. The molecule has 3 rings (SSSR count). The summed E-state index contributed by atoms with van der Waals surface area (Å²) in [6.07, 6.45) is 0. The van der Waals surface area contributed by atoms with Crippen LogP contribution in [0, 0.1) is 5.82 Å². The van der Waals surface area contributed by atoms with Crippen LogP contribution in [0.4, 0.5) is 4.39 Å². The summed E-state index contributed by atoms with van der Waals surface area (Å²) in [5.41, 5.74) is 0.239. The molecular weight excluding hydrogens is 335 g/mol. The van der Waals surface area contributed by atoms with Gasteiger partial charge in [-0.3, -0.25) is 19.3 Å². The van der Waals surface area contributed by atoms with E-state index in [1.165, 1.54) is 12.1 Å². The number of halogens is 2. The number of nitrogens with zero attached hydrogens (tertiary/aromatic N) is 1. The molecule has 0 saturated carbocycles. The van der Waals surface area contributed by atoms with Crippen LogP contribution in [0.5, 0.6) is 0 Å². The van der Waals surface area contributed by atoms with Crippen molar-refractivity contribution in [1.29, 1.82) is 0 Å². The Labute approximate surface area is 142 Å². The third-order valence-electron chi connectivity index (χ3n) is 3.68. The predicted molar refractivity (Wildman–Crippen MR) is 85.6 cm³/mol. The van der Waals surface area contributed by atoms with Gasteiger partial charge in [0.15, 0.2) is 0 Å². The second kappa shape index (κ2) is 6.41. The van der Waals surface area contributed by atoms with Crippen molar-refractivity contribution in [3.8, 4) is 0 Å². The van der Waals surface area contributed by atoms with E-state index in [9.17, 15) is 18.8 Å². The van der Waals surface area contributed by atoms with Crippen molar-refractivity contribution in [2.24, 2.45) is 0 Å². The van der Waals surface area contributed by atoms with Crippen LogP contribution in [0.2, 0.25) is 5.02 Å². The maximum atomic E-state index is 13.7. The Morgan fingerprint density at radius 2 is 1.79 bits per heavy atom. The lowest BCUT2D eigenvalue weighted by Crippen LogP contribution is -2.38. The van der Waals surface area contributed by atoms with E-state index in [-0.39, 0.29) is 30.1 Å². The normalized spacial score (nSPS) is 13.2. The highest BCUT2D eigenvalue weighted by atomic mass is 35.5. The fourth-order valence-electron chi connectivity index (χ4n) is 2.48. The first kappa shape index (κ1) is 16.1. The van der Waals surface area contributed by atoms with Crippen molar-refractivity contribution in [3.63, 3.8) is 0 Å². The van der Waals surface area contributed by atoms with E-state index in [1.54, 1.807) is 24.3 Å². The lowest BCUT2D eigenvalue weighted by molar-refractivity contribution is 0.0648. The molecule has 5 nitrogen and oxygen atoms in total. The number of imide groups is 1. The summed E-state index contributed by atoms with van der Waals surface area (Å²) in [5.74, 6) is -2.32. The number of hydrogen-bond donors (Lipinski definition) is 1. The van der Waals surface area contributed by atoms with Gasteiger partial charge in [0.05, 0.1) is 11.1 Å². The first-order valence-electron chi connectivity index (χ1n) is 7.17. The fourth-order valence-corrected chi connectivity index (χ4v) is 2.61. The summed E-state index contributed by atoms with van der Waals surface area (Å²) in [4.78, 5) is 37.2. The number of fused-ring (bicyclic) bond motifs is 1. The van der Waals surface area contributed by atoms with Gasteiger partial charge < -0.3 is 5.32 Å². The summed E-state index contributed by atoms with van der Waals surface area (Å²) in [7, 11) is 0. The molecule has 0 aliphatic carbocycles. The Morgan fingerprint density at radius 3 is 2.46 bits per heavy atom. The number of nitrogens with one attached hydrogen (secondary N) is 1. The third kappa shape index (κ3) is 2.88. The smallest absolute Gasteiger partial charge is 0.264 e. The summed E-state index contributed by atoms with van der Waals surface area (Å²) in [5, 5.41) is 3.12. The Morgan fingerprint density at radius 1 is 1.08 bits per heavy atom. The Kier molecular flexibility index (Phi) is 4.31. The van der Waals surface area contributed by atoms with Gasteiger partial charge in [0, 0.05) is 23.7 Å². The van der Waals surface area contributed by atoms with E-state index in [0.29, 0.717) is 10.6 Å². The molecule has 0 atom stereocenters. The quantitative estimate of drug-likeness (QED) is 0.865. The molecule has 3 amide bonds. The summed E-state index contributed by atoms with van der Waals surface area (Å²) in [6, 6.07) is 10.2. The Balaban J connectivity index is 1.63. The molecule has 0 spiro atoms. The average Bonchev–Trinajstić information content (AvgIpc) is 2.81. The van der Waals surface area contributed by atoms with Crippen molar-refractivity contribution in [2.75, 3.05) is 13.1 Å². The van der Waals surface area contributed by atoms with Gasteiger partial charge >= 0.3 is 0 Å².